The maximum atomic E-state index is 10.4. The van der Waals surface area contributed by atoms with Crippen LogP contribution in [0, 0.1) is 0 Å². The summed E-state index contributed by atoms with van der Waals surface area (Å²) in [5.41, 5.74) is 0. The van der Waals surface area contributed by atoms with Gasteiger partial charge in [-0.2, -0.15) is 0 Å². The zero-order chi connectivity index (χ0) is 7.98. The Bertz CT molecular complexity index is 114. The summed E-state index contributed by atoms with van der Waals surface area (Å²) in [4.78, 5) is 20.7. The van der Waals surface area contributed by atoms with Crippen LogP contribution in [0.1, 0.15) is 13.3 Å². The number of esters is 2. The number of carbonyl (C=O) groups is 2. The molecule has 4 heteroatoms. The van der Waals surface area contributed by atoms with Crippen molar-refractivity contribution in [1.29, 1.82) is 0 Å². The van der Waals surface area contributed by atoms with Crippen molar-refractivity contribution >= 4 is 11.9 Å². The summed E-state index contributed by atoms with van der Waals surface area (Å²) in [5, 5.41) is 0. The van der Waals surface area contributed by atoms with Crippen molar-refractivity contribution in [3.63, 3.8) is 0 Å². The first-order chi connectivity index (χ1) is 4.70. The number of hydrogen-bond acceptors (Lipinski definition) is 4. The van der Waals surface area contributed by atoms with E-state index in [9.17, 15) is 9.59 Å². The fourth-order valence-corrected chi connectivity index (χ4v) is 0.300. The standard InChI is InChI=1S/C6H10O4/c1-3-5(7)10-4-6(8)9-2/h3-4H2,1-2H3. The zero-order valence-electron chi connectivity index (χ0n) is 6.05. The van der Waals surface area contributed by atoms with Gasteiger partial charge in [0, 0.05) is 6.42 Å². The minimum Gasteiger partial charge on any atom is -0.466 e. The lowest BCUT2D eigenvalue weighted by Gasteiger charge is -1.99. The van der Waals surface area contributed by atoms with Crippen LogP contribution in [0.4, 0.5) is 0 Å². The van der Waals surface area contributed by atoms with Crippen LogP contribution in [0.5, 0.6) is 0 Å². The average Bonchev–Trinajstić information content (AvgIpc) is 1.99. The van der Waals surface area contributed by atoms with Gasteiger partial charge in [0.2, 0.25) is 0 Å². The van der Waals surface area contributed by atoms with E-state index in [-0.39, 0.29) is 13.0 Å². The van der Waals surface area contributed by atoms with Crippen molar-refractivity contribution in [3.05, 3.63) is 0 Å². The highest BCUT2D eigenvalue weighted by Gasteiger charge is 2.03. The first-order valence-electron chi connectivity index (χ1n) is 2.93. The van der Waals surface area contributed by atoms with Gasteiger partial charge in [-0.1, -0.05) is 6.92 Å². The third kappa shape index (κ3) is 3.88. The van der Waals surface area contributed by atoms with Gasteiger partial charge >= 0.3 is 11.9 Å². The van der Waals surface area contributed by atoms with Crippen LogP contribution in [-0.4, -0.2) is 25.7 Å². The third-order valence-electron chi connectivity index (χ3n) is 0.867. The Balaban J connectivity index is 3.35. The Morgan fingerprint density at radius 1 is 1.30 bits per heavy atom. The highest BCUT2D eigenvalue weighted by atomic mass is 16.6. The molecule has 0 saturated heterocycles. The quantitative estimate of drug-likeness (QED) is 0.530. The van der Waals surface area contributed by atoms with Crippen LogP contribution >= 0.6 is 0 Å². The number of methoxy groups -OCH3 is 1. The zero-order valence-corrected chi connectivity index (χ0v) is 6.05. The fraction of sp³-hybridized carbons (Fsp3) is 0.667. The molecular formula is C6H10O4. The number of carbonyl (C=O) groups excluding carboxylic acids is 2. The van der Waals surface area contributed by atoms with Crippen molar-refractivity contribution in [2.75, 3.05) is 13.7 Å². The van der Waals surface area contributed by atoms with E-state index >= 15 is 0 Å². The molecule has 4 nitrogen and oxygen atoms in total. The molecule has 0 spiro atoms. The molecule has 0 aliphatic carbocycles. The van der Waals surface area contributed by atoms with Crippen molar-refractivity contribution in [2.45, 2.75) is 13.3 Å². The van der Waals surface area contributed by atoms with Gasteiger partial charge in [-0.25, -0.2) is 4.79 Å². The van der Waals surface area contributed by atoms with Gasteiger partial charge in [0.15, 0.2) is 6.61 Å². The molecule has 0 unspecified atom stereocenters. The Morgan fingerprint density at radius 3 is 2.30 bits per heavy atom. The molecule has 0 aromatic carbocycles. The van der Waals surface area contributed by atoms with E-state index in [0.717, 1.165) is 0 Å². The van der Waals surface area contributed by atoms with Crippen molar-refractivity contribution in [1.82, 2.24) is 0 Å². The summed E-state index contributed by atoms with van der Waals surface area (Å²) in [6.45, 7) is 1.36. The summed E-state index contributed by atoms with van der Waals surface area (Å²) in [6, 6.07) is 0. The molecule has 0 bridgehead atoms. The second-order valence-electron chi connectivity index (χ2n) is 1.59. The van der Waals surface area contributed by atoms with E-state index in [0.29, 0.717) is 0 Å². The molecule has 0 rings (SSSR count). The summed E-state index contributed by atoms with van der Waals surface area (Å²) < 4.78 is 8.66. The van der Waals surface area contributed by atoms with Crippen molar-refractivity contribution in [2.24, 2.45) is 0 Å². The Hall–Kier alpha value is -1.06. The van der Waals surface area contributed by atoms with Gasteiger partial charge < -0.3 is 9.47 Å². The van der Waals surface area contributed by atoms with E-state index < -0.39 is 11.9 Å². The molecular weight excluding hydrogens is 136 g/mol. The lowest BCUT2D eigenvalue weighted by molar-refractivity contribution is -0.156. The molecule has 0 aromatic rings. The van der Waals surface area contributed by atoms with E-state index in [1.807, 2.05) is 0 Å². The largest absolute Gasteiger partial charge is 0.466 e. The predicted octanol–water partition coefficient (Wildman–Crippen LogP) is 0.113. The number of rotatable bonds is 3. The number of hydrogen-bond donors (Lipinski definition) is 0. The Morgan fingerprint density at radius 2 is 1.90 bits per heavy atom. The van der Waals surface area contributed by atoms with E-state index in [2.05, 4.69) is 9.47 Å². The molecule has 0 atom stereocenters. The lowest BCUT2D eigenvalue weighted by atomic mass is 10.5. The normalized spacial score (nSPS) is 8.60. The molecule has 0 aliphatic rings. The van der Waals surface area contributed by atoms with Gasteiger partial charge in [-0.15, -0.1) is 0 Å². The maximum Gasteiger partial charge on any atom is 0.344 e. The molecule has 10 heavy (non-hydrogen) atoms. The molecule has 0 amide bonds. The first kappa shape index (κ1) is 8.94. The Kier molecular flexibility index (Phi) is 4.28. The second kappa shape index (κ2) is 4.78. The average molecular weight is 146 g/mol. The second-order valence-corrected chi connectivity index (χ2v) is 1.59. The highest BCUT2D eigenvalue weighted by Crippen LogP contribution is 1.84. The van der Waals surface area contributed by atoms with Crippen LogP contribution in [0.15, 0.2) is 0 Å². The molecule has 0 radical (unpaired) electrons. The van der Waals surface area contributed by atoms with Crippen molar-refractivity contribution in [3.8, 4) is 0 Å². The van der Waals surface area contributed by atoms with Crippen LogP contribution in [0.3, 0.4) is 0 Å². The summed E-state index contributed by atoms with van der Waals surface area (Å²) in [7, 11) is 1.24. The summed E-state index contributed by atoms with van der Waals surface area (Å²) in [6.07, 6.45) is 0.275. The smallest absolute Gasteiger partial charge is 0.344 e. The molecule has 0 aliphatic heterocycles. The van der Waals surface area contributed by atoms with Gasteiger partial charge in [0.05, 0.1) is 7.11 Å². The van der Waals surface area contributed by atoms with Crippen LogP contribution in [0.2, 0.25) is 0 Å². The van der Waals surface area contributed by atoms with Crippen LogP contribution in [0.25, 0.3) is 0 Å². The lowest BCUT2D eigenvalue weighted by Crippen LogP contribution is -2.13. The van der Waals surface area contributed by atoms with Crippen LogP contribution in [-0.2, 0) is 19.1 Å². The molecule has 0 fully saturated rings. The summed E-state index contributed by atoms with van der Waals surface area (Å²) in [5.74, 6) is -0.938. The maximum absolute atomic E-state index is 10.4. The van der Waals surface area contributed by atoms with E-state index in [1.165, 1.54) is 7.11 Å². The minimum absolute atomic E-state index is 0.275. The third-order valence-corrected chi connectivity index (χ3v) is 0.867. The van der Waals surface area contributed by atoms with E-state index in [1.54, 1.807) is 6.92 Å². The van der Waals surface area contributed by atoms with Crippen LogP contribution < -0.4 is 0 Å². The Labute approximate surface area is 59.1 Å². The molecule has 58 valence electrons. The van der Waals surface area contributed by atoms with Gasteiger partial charge in [-0.05, 0) is 0 Å². The molecule has 0 N–H and O–H groups in total. The highest BCUT2D eigenvalue weighted by molar-refractivity contribution is 5.75. The fourth-order valence-electron chi connectivity index (χ4n) is 0.300. The predicted molar refractivity (Wildman–Crippen MR) is 33.3 cm³/mol. The van der Waals surface area contributed by atoms with Gasteiger partial charge in [0.1, 0.15) is 0 Å². The van der Waals surface area contributed by atoms with Crippen molar-refractivity contribution < 1.29 is 19.1 Å². The van der Waals surface area contributed by atoms with E-state index in [4.69, 9.17) is 0 Å². The van der Waals surface area contributed by atoms with Gasteiger partial charge in [-0.3, -0.25) is 4.79 Å². The molecule has 0 aromatic heterocycles. The van der Waals surface area contributed by atoms with Gasteiger partial charge in [0.25, 0.3) is 0 Å². The minimum atomic E-state index is -0.540. The topological polar surface area (TPSA) is 52.6 Å². The molecule has 0 heterocycles. The first-order valence-corrected chi connectivity index (χ1v) is 2.93. The SMILES string of the molecule is CCC(=O)OCC(=O)OC. The summed E-state index contributed by atoms with van der Waals surface area (Å²) >= 11 is 0. The monoisotopic (exact) mass is 146 g/mol. The number of ether oxygens (including phenoxy) is 2. The molecule has 0 saturated carbocycles.